The molecule has 0 aliphatic heterocycles. The Morgan fingerprint density at radius 1 is 1.19 bits per heavy atom. The molecule has 21 heavy (non-hydrogen) atoms. The van der Waals surface area contributed by atoms with Crippen molar-refractivity contribution in [2.24, 2.45) is 5.92 Å². The van der Waals surface area contributed by atoms with Gasteiger partial charge in [0.15, 0.2) is 0 Å². The number of hydrogen-bond acceptors (Lipinski definition) is 4. The first-order valence-corrected chi connectivity index (χ1v) is 7.75. The van der Waals surface area contributed by atoms with Crippen LogP contribution in [0.25, 0.3) is 0 Å². The number of methoxy groups -OCH3 is 1. The lowest BCUT2D eigenvalue weighted by Crippen LogP contribution is -2.19. The molecule has 120 valence electrons. The van der Waals surface area contributed by atoms with Gasteiger partial charge in [-0.25, -0.2) is 0 Å². The SMILES string of the molecule is CCOCCCOc1cc(OC)ccc1CNCC(C)C. The zero-order valence-electron chi connectivity index (χ0n) is 13.8. The molecule has 1 N–H and O–H groups in total. The molecule has 0 heterocycles. The second kappa shape index (κ2) is 10.5. The van der Waals surface area contributed by atoms with E-state index in [-0.39, 0.29) is 0 Å². The number of hydrogen-bond donors (Lipinski definition) is 1. The predicted molar refractivity (Wildman–Crippen MR) is 86.1 cm³/mol. The van der Waals surface area contributed by atoms with Crippen molar-refractivity contribution in [2.45, 2.75) is 33.7 Å². The van der Waals surface area contributed by atoms with Gasteiger partial charge in [-0.3, -0.25) is 0 Å². The molecule has 0 saturated heterocycles. The third-order valence-corrected chi connectivity index (χ3v) is 3.04. The third kappa shape index (κ3) is 7.34. The van der Waals surface area contributed by atoms with Crippen molar-refractivity contribution in [3.05, 3.63) is 23.8 Å². The lowest BCUT2D eigenvalue weighted by Gasteiger charge is -2.14. The summed E-state index contributed by atoms with van der Waals surface area (Å²) in [6.07, 6.45) is 0.893. The van der Waals surface area contributed by atoms with Crippen molar-refractivity contribution in [3.63, 3.8) is 0 Å². The van der Waals surface area contributed by atoms with E-state index in [1.807, 2.05) is 19.1 Å². The number of rotatable bonds is 11. The molecule has 0 amide bonds. The molecule has 1 aromatic carbocycles. The van der Waals surface area contributed by atoms with Crippen molar-refractivity contribution >= 4 is 0 Å². The summed E-state index contributed by atoms with van der Waals surface area (Å²) in [5.41, 5.74) is 1.16. The maximum atomic E-state index is 5.88. The molecule has 1 aromatic rings. The Bertz CT molecular complexity index is 394. The summed E-state index contributed by atoms with van der Waals surface area (Å²) >= 11 is 0. The van der Waals surface area contributed by atoms with Gasteiger partial charge in [-0.2, -0.15) is 0 Å². The van der Waals surface area contributed by atoms with E-state index in [2.05, 4.69) is 25.2 Å². The van der Waals surface area contributed by atoms with E-state index in [4.69, 9.17) is 14.2 Å². The molecule has 1 rings (SSSR count). The van der Waals surface area contributed by atoms with Gasteiger partial charge in [0.2, 0.25) is 0 Å². The Labute approximate surface area is 128 Å². The molecule has 0 aliphatic carbocycles. The zero-order valence-corrected chi connectivity index (χ0v) is 13.8. The van der Waals surface area contributed by atoms with E-state index in [0.717, 1.165) is 49.8 Å². The van der Waals surface area contributed by atoms with Crippen molar-refractivity contribution in [1.29, 1.82) is 0 Å². The third-order valence-electron chi connectivity index (χ3n) is 3.04. The molecule has 0 saturated carbocycles. The summed E-state index contributed by atoms with van der Waals surface area (Å²) in [6, 6.07) is 5.98. The quantitative estimate of drug-likeness (QED) is 0.636. The average Bonchev–Trinajstić information content (AvgIpc) is 2.47. The lowest BCUT2D eigenvalue weighted by molar-refractivity contribution is 0.130. The number of nitrogens with one attached hydrogen (secondary N) is 1. The Morgan fingerprint density at radius 2 is 2.00 bits per heavy atom. The van der Waals surface area contributed by atoms with E-state index in [0.29, 0.717) is 12.5 Å². The lowest BCUT2D eigenvalue weighted by atomic mass is 10.1. The zero-order chi connectivity index (χ0) is 15.5. The standard InChI is InChI=1S/C17H29NO3/c1-5-20-9-6-10-21-17-11-16(19-4)8-7-15(17)13-18-12-14(2)3/h7-8,11,14,18H,5-6,9-10,12-13H2,1-4H3. The minimum absolute atomic E-state index is 0.638. The van der Waals surface area contributed by atoms with E-state index >= 15 is 0 Å². The Balaban J connectivity index is 2.55. The summed E-state index contributed by atoms with van der Waals surface area (Å²) in [5.74, 6) is 2.35. The molecule has 0 aromatic heterocycles. The van der Waals surface area contributed by atoms with Crippen LogP contribution in [-0.2, 0) is 11.3 Å². The summed E-state index contributed by atoms with van der Waals surface area (Å²) in [5, 5.41) is 3.44. The molecule has 0 radical (unpaired) electrons. The fourth-order valence-corrected chi connectivity index (χ4v) is 1.93. The van der Waals surface area contributed by atoms with Crippen molar-refractivity contribution in [3.8, 4) is 11.5 Å². The summed E-state index contributed by atoms with van der Waals surface area (Å²) in [6.45, 7) is 10.4. The topological polar surface area (TPSA) is 39.7 Å². The van der Waals surface area contributed by atoms with Gasteiger partial charge in [0.1, 0.15) is 11.5 Å². The average molecular weight is 295 g/mol. The summed E-state index contributed by atoms with van der Waals surface area (Å²) in [7, 11) is 1.67. The van der Waals surface area contributed by atoms with Crippen LogP contribution in [0.5, 0.6) is 11.5 Å². The van der Waals surface area contributed by atoms with Crippen LogP contribution < -0.4 is 14.8 Å². The van der Waals surface area contributed by atoms with Gasteiger partial charge in [-0.15, -0.1) is 0 Å². The van der Waals surface area contributed by atoms with Gasteiger partial charge in [-0.05, 0) is 25.5 Å². The van der Waals surface area contributed by atoms with Gasteiger partial charge < -0.3 is 19.5 Å². The molecule has 0 fully saturated rings. The van der Waals surface area contributed by atoms with E-state index in [9.17, 15) is 0 Å². The molecule has 0 unspecified atom stereocenters. The van der Waals surface area contributed by atoms with Crippen LogP contribution in [0.4, 0.5) is 0 Å². The van der Waals surface area contributed by atoms with E-state index < -0.39 is 0 Å². The van der Waals surface area contributed by atoms with Crippen LogP contribution in [0.2, 0.25) is 0 Å². The van der Waals surface area contributed by atoms with Crippen LogP contribution in [0.3, 0.4) is 0 Å². The first kappa shape index (κ1) is 17.8. The van der Waals surface area contributed by atoms with Crippen molar-refractivity contribution in [1.82, 2.24) is 5.32 Å². The Morgan fingerprint density at radius 3 is 2.67 bits per heavy atom. The van der Waals surface area contributed by atoms with Gasteiger partial charge in [0.25, 0.3) is 0 Å². The minimum Gasteiger partial charge on any atom is -0.497 e. The van der Waals surface area contributed by atoms with Crippen LogP contribution in [-0.4, -0.2) is 33.5 Å². The number of ether oxygens (including phenoxy) is 3. The molecule has 0 bridgehead atoms. The highest BCUT2D eigenvalue weighted by Crippen LogP contribution is 2.25. The largest absolute Gasteiger partial charge is 0.497 e. The molecule has 4 nitrogen and oxygen atoms in total. The van der Waals surface area contributed by atoms with Crippen LogP contribution in [0.15, 0.2) is 18.2 Å². The Hall–Kier alpha value is -1.26. The highest BCUT2D eigenvalue weighted by Gasteiger charge is 2.06. The number of benzene rings is 1. The normalized spacial score (nSPS) is 10.9. The smallest absolute Gasteiger partial charge is 0.127 e. The van der Waals surface area contributed by atoms with E-state index in [1.54, 1.807) is 7.11 Å². The first-order chi connectivity index (χ1) is 10.2. The molecule has 0 aliphatic rings. The monoisotopic (exact) mass is 295 g/mol. The molecule has 0 atom stereocenters. The summed E-state index contributed by atoms with van der Waals surface area (Å²) in [4.78, 5) is 0. The molecular weight excluding hydrogens is 266 g/mol. The van der Waals surface area contributed by atoms with Gasteiger partial charge in [-0.1, -0.05) is 19.9 Å². The van der Waals surface area contributed by atoms with Gasteiger partial charge in [0, 0.05) is 37.8 Å². The fourth-order valence-electron chi connectivity index (χ4n) is 1.93. The summed E-state index contributed by atoms with van der Waals surface area (Å²) < 4.78 is 16.5. The second-order valence-corrected chi connectivity index (χ2v) is 5.40. The molecule has 4 heteroatoms. The maximum Gasteiger partial charge on any atom is 0.127 e. The predicted octanol–water partition coefficient (Wildman–Crippen LogP) is 3.25. The Kier molecular flexibility index (Phi) is 8.87. The van der Waals surface area contributed by atoms with Gasteiger partial charge in [0.05, 0.1) is 13.7 Å². The first-order valence-electron chi connectivity index (χ1n) is 7.75. The van der Waals surface area contributed by atoms with Crippen LogP contribution in [0.1, 0.15) is 32.8 Å². The van der Waals surface area contributed by atoms with Crippen LogP contribution >= 0.6 is 0 Å². The fraction of sp³-hybridized carbons (Fsp3) is 0.647. The van der Waals surface area contributed by atoms with E-state index in [1.165, 1.54) is 0 Å². The molecule has 0 spiro atoms. The van der Waals surface area contributed by atoms with Crippen molar-refractivity contribution in [2.75, 3.05) is 33.5 Å². The van der Waals surface area contributed by atoms with Gasteiger partial charge >= 0.3 is 0 Å². The maximum absolute atomic E-state index is 5.88. The molecular formula is C17H29NO3. The van der Waals surface area contributed by atoms with Crippen molar-refractivity contribution < 1.29 is 14.2 Å². The highest BCUT2D eigenvalue weighted by molar-refractivity contribution is 5.40. The minimum atomic E-state index is 0.638. The van der Waals surface area contributed by atoms with Crippen LogP contribution in [0, 0.1) is 5.92 Å². The highest BCUT2D eigenvalue weighted by atomic mass is 16.5. The second-order valence-electron chi connectivity index (χ2n) is 5.40.